The molecule has 0 bridgehead atoms. The van der Waals surface area contributed by atoms with Crippen molar-refractivity contribution in [3.05, 3.63) is 34.9 Å². The second-order valence-electron chi connectivity index (χ2n) is 3.74. The average molecular weight is 241 g/mol. The number of nitrogens with two attached hydrogens (primary N) is 1. The fraction of sp³-hybridized carbons (Fsp3) is 0.417. The fourth-order valence-electron chi connectivity index (χ4n) is 1.29. The van der Waals surface area contributed by atoms with Gasteiger partial charge in [-0.05, 0) is 18.1 Å². The van der Waals surface area contributed by atoms with Gasteiger partial charge in [0.2, 0.25) is 5.91 Å². The molecule has 1 rings (SSSR count). The molecule has 1 atom stereocenters. The molecular weight excluding hydrogens is 224 g/mol. The zero-order valence-corrected chi connectivity index (χ0v) is 10.1. The summed E-state index contributed by atoms with van der Waals surface area (Å²) >= 11 is 5.96. The van der Waals surface area contributed by atoms with Crippen LogP contribution in [0.1, 0.15) is 25.3 Å². The molecule has 1 aromatic carbocycles. The van der Waals surface area contributed by atoms with Crippen LogP contribution in [0.3, 0.4) is 0 Å². The van der Waals surface area contributed by atoms with Crippen molar-refractivity contribution < 1.29 is 4.79 Å². The molecule has 0 heterocycles. The zero-order chi connectivity index (χ0) is 12.0. The first-order valence-corrected chi connectivity index (χ1v) is 5.77. The third-order valence-corrected chi connectivity index (χ3v) is 2.77. The van der Waals surface area contributed by atoms with E-state index in [9.17, 15) is 4.79 Å². The minimum atomic E-state index is -0.0637. The van der Waals surface area contributed by atoms with Crippen LogP contribution in [0, 0.1) is 0 Å². The molecule has 0 saturated heterocycles. The molecule has 0 fully saturated rings. The van der Waals surface area contributed by atoms with Gasteiger partial charge in [0, 0.05) is 24.0 Å². The Hall–Kier alpha value is -1.06. The topological polar surface area (TPSA) is 55.1 Å². The van der Waals surface area contributed by atoms with Crippen molar-refractivity contribution in [2.75, 3.05) is 0 Å². The van der Waals surface area contributed by atoms with Crippen LogP contribution < -0.4 is 11.1 Å². The van der Waals surface area contributed by atoms with E-state index >= 15 is 0 Å². The van der Waals surface area contributed by atoms with E-state index in [-0.39, 0.29) is 11.9 Å². The normalized spacial score (nSPS) is 12.2. The second kappa shape index (κ2) is 6.51. The number of hydrogen-bond acceptors (Lipinski definition) is 2. The first kappa shape index (κ1) is 13.0. The first-order chi connectivity index (χ1) is 7.63. The quantitative estimate of drug-likeness (QED) is 0.828. The van der Waals surface area contributed by atoms with Crippen LogP contribution in [-0.4, -0.2) is 11.9 Å². The van der Waals surface area contributed by atoms with Gasteiger partial charge in [-0.1, -0.05) is 36.7 Å². The van der Waals surface area contributed by atoms with Gasteiger partial charge < -0.3 is 11.1 Å². The number of rotatable bonds is 5. The summed E-state index contributed by atoms with van der Waals surface area (Å²) in [5, 5.41) is 3.47. The molecule has 1 aromatic rings. The molecular formula is C12H17ClN2O. The fourth-order valence-corrected chi connectivity index (χ4v) is 1.49. The van der Waals surface area contributed by atoms with E-state index in [0.717, 1.165) is 12.0 Å². The van der Waals surface area contributed by atoms with Crippen LogP contribution in [0.25, 0.3) is 0 Å². The van der Waals surface area contributed by atoms with Crippen molar-refractivity contribution in [1.82, 2.24) is 5.32 Å². The summed E-state index contributed by atoms with van der Waals surface area (Å²) in [5.41, 5.74) is 6.60. The van der Waals surface area contributed by atoms with Crippen molar-refractivity contribution >= 4 is 17.5 Å². The number of halogens is 1. The molecule has 88 valence electrons. The summed E-state index contributed by atoms with van der Waals surface area (Å²) in [5.74, 6) is -0.0331. The number of hydrogen-bond donors (Lipinski definition) is 2. The third kappa shape index (κ3) is 4.21. The van der Waals surface area contributed by atoms with Crippen LogP contribution in [0.4, 0.5) is 0 Å². The van der Waals surface area contributed by atoms with Crippen LogP contribution >= 0.6 is 11.6 Å². The molecule has 0 aromatic heterocycles. The number of carbonyl (C=O) groups excluding carboxylic acids is 1. The molecule has 3 nitrogen and oxygen atoms in total. The van der Waals surface area contributed by atoms with Gasteiger partial charge in [-0.3, -0.25) is 4.79 Å². The summed E-state index contributed by atoms with van der Waals surface area (Å²) in [6.45, 7) is 2.42. The Morgan fingerprint density at radius 3 is 2.81 bits per heavy atom. The molecule has 16 heavy (non-hydrogen) atoms. The Labute approximate surface area is 101 Å². The van der Waals surface area contributed by atoms with Gasteiger partial charge in [0.25, 0.3) is 0 Å². The molecule has 0 aliphatic carbocycles. The Morgan fingerprint density at radius 2 is 2.19 bits per heavy atom. The highest BCUT2D eigenvalue weighted by atomic mass is 35.5. The first-order valence-electron chi connectivity index (χ1n) is 5.39. The minimum absolute atomic E-state index is 0.0331. The SMILES string of the molecule is CCC(N)CC(=O)NCc1ccccc1Cl. The lowest BCUT2D eigenvalue weighted by molar-refractivity contribution is -0.121. The van der Waals surface area contributed by atoms with Gasteiger partial charge in [0.15, 0.2) is 0 Å². The van der Waals surface area contributed by atoms with Gasteiger partial charge in [-0.25, -0.2) is 0 Å². The van der Waals surface area contributed by atoms with Crippen LogP contribution in [0.5, 0.6) is 0 Å². The monoisotopic (exact) mass is 240 g/mol. The van der Waals surface area contributed by atoms with Gasteiger partial charge in [0.05, 0.1) is 0 Å². The van der Waals surface area contributed by atoms with Gasteiger partial charge in [-0.2, -0.15) is 0 Å². The lowest BCUT2D eigenvalue weighted by Crippen LogP contribution is -2.30. The second-order valence-corrected chi connectivity index (χ2v) is 4.15. The van der Waals surface area contributed by atoms with E-state index in [1.165, 1.54) is 0 Å². The maximum absolute atomic E-state index is 11.5. The highest BCUT2D eigenvalue weighted by Crippen LogP contribution is 2.14. The predicted octanol–water partition coefficient (Wildman–Crippen LogP) is 2.08. The van der Waals surface area contributed by atoms with Crippen molar-refractivity contribution in [3.8, 4) is 0 Å². The molecule has 1 amide bonds. The third-order valence-electron chi connectivity index (χ3n) is 2.41. The Morgan fingerprint density at radius 1 is 1.50 bits per heavy atom. The number of nitrogens with one attached hydrogen (secondary N) is 1. The molecule has 0 aliphatic heterocycles. The highest BCUT2D eigenvalue weighted by molar-refractivity contribution is 6.31. The van der Waals surface area contributed by atoms with Crippen molar-refractivity contribution in [3.63, 3.8) is 0 Å². The van der Waals surface area contributed by atoms with Gasteiger partial charge >= 0.3 is 0 Å². The maximum Gasteiger partial charge on any atom is 0.221 e. The maximum atomic E-state index is 11.5. The molecule has 0 saturated carbocycles. The molecule has 4 heteroatoms. The number of amides is 1. The molecule has 0 aliphatic rings. The van der Waals surface area contributed by atoms with Crippen LogP contribution in [0.15, 0.2) is 24.3 Å². The lowest BCUT2D eigenvalue weighted by atomic mass is 10.1. The van der Waals surface area contributed by atoms with Gasteiger partial charge in [-0.15, -0.1) is 0 Å². The van der Waals surface area contributed by atoms with E-state index in [2.05, 4.69) is 5.32 Å². The van der Waals surface area contributed by atoms with E-state index < -0.39 is 0 Å². The van der Waals surface area contributed by atoms with Crippen molar-refractivity contribution in [1.29, 1.82) is 0 Å². The summed E-state index contributed by atoms with van der Waals surface area (Å²) in [6.07, 6.45) is 1.17. The summed E-state index contributed by atoms with van der Waals surface area (Å²) in [4.78, 5) is 11.5. The largest absolute Gasteiger partial charge is 0.352 e. The summed E-state index contributed by atoms with van der Waals surface area (Å²) in [7, 11) is 0. The average Bonchev–Trinajstić information content (AvgIpc) is 2.28. The summed E-state index contributed by atoms with van der Waals surface area (Å²) in [6, 6.07) is 7.39. The highest BCUT2D eigenvalue weighted by Gasteiger charge is 2.07. The van der Waals surface area contributed by atoms with E-state index in [1.807, 2.05) is 25.1 Å². The van der Waals surface area contributed by atoms with Crippen LogP contribution in [0.2, 0.25) is 5.02 Å². The Kier molecular flexibility index (Phi) is 5.29. The summed E-state index contributed by atoms with van der Waals surface area (Å²) < 4.78 is 0. The van der Waals surface area contributed by atoms with Crippen molar-refractivity contribution in [2.24, 2.45) is 5.73 Å². The molecule has 0 spiro atoms. The van der Waals surface area contributed by atoms with E-state index in [0.29, 0.717) is 18.0 Å². The van der Waals surface area contributed by atoms with Crippen molar-refractivity contribution in [2.45, 2.75) is 32.4 Å². The number of benzene rings is 1. The lowest BCUT2D eigenvalue weighted by Gasteiger charge is -2.10. The smallest absolute Gasteiger partial charge is 0.221 e. The van der Waals surface area contributed by atoms with E-state index in [4.69, 9.17) is 17.3 Å². The molecule has 0 radical (unpaired) electrons. The van der Waals surface area contributed by atoms with Gasteiger partial charge in [0.1, 0.15) is 0 Å². The number of carbonyl (C=O) groups is 1. The van der Waals surface area contributed by atoms with E-state index in [1.54, 1.807) is 6.07 Å². The zero-order valence-electron chi connectivity index (χ0n) is 9.37. The standard InChI is InChI=1S/C12H17ClN2O/c1-2-10(14)7-12(16)15-8-9-5-3-4-6-11(9)13/h3-6,10H,2,7-8,14H2,1H3,(H,15,16). The Balaban J connectivity index is 2.40. The molecule has 1 unspecified atom stereocenters. The minimum Gasteiger partial charge on any atom is -0.352 e. The Bertz CT molecular complexity index is 355. The molecule has 3 N–H and O–H groups in total. The predicted molar refractivity (Wildman–Crippen MR) is 66.2 cm³/mol. The van der Waals surface area contributed by atoms with Crippen LogP contribution in [-0.2, 0) is 11.3 Å².